The number of rotatable bonds is 5. The lowest BCUT2D eigenvalue weighted by molar-refractivity contribution is -0.192. The van der Waals surface area contributed by atoms with E-state index in [1.54, 1.807) is 12.1 Å². The normalized spacial score (nSPS) is 16.2. The van der Waals surface area contributed by atoms with Crippen molar-refractivity contribution >= 4 is 39.0 Å². The van der Waals surface area contributed by atoms with Crippen LogP contribution in [0.15, 0.2) is 42.5 Å². The summed E-state index contributed by atoms with van der Waals surface area (Å²) in [5, 5.41) is 16.8. The molecule has 0 saturated carbocycles. The molecule has 0 aromatic heterocycles. The number of benzene rings is 2. The van der Waals surface area contributed by atoms with Crippen LogP contribution in [0.5, 0.6) is 0 Å². The van der Waals surface area contributed by atoms with Crippen LogP contribution in [0.3, 0.4) is 0 Å². The Bertz CT molecular complexity index is 1190. The third kappa shape index (κ3) is 8.05. The number of carboxylic acids is 2. The van der Waals surface area contributed by atoms with Gasteiger partial charge in [-0.25, -0.2) is 18.0 Å². The zero-order valence-corrected chi connectivity index (χ0v) is 20.0. The predicted octanol–water partition coefficient (Wildman–Crippen LogP) is 3.41. The number of aromatic carboxylic acids is 1. The molecule has 3 N–H and O–H groups in total. The van der Waals surface area contributed by atoms with Crippen molar-refractivity contribution in [3.8, 4) is 0 Å². The van der Waals surface area contributed by atoms with Crippen LogP contribution < -0.4 is 14.5 Å². The van der Waals surface area contributed by atoms with E-state index in [4.69, 9.17) is 9.90 Å². The van der Waals surface area contributed by atoms with Crippen molar-refractivity contribution in [3.63, 3.8) is 0 Å². The highest BCUT2D eigenvalue weighted by molar-refractivity contribution is 7.92. The number of carbonyl (C=O) groups is 2. The lowest BCUT2D eigenvalue weighted by Crippen LogP contribution is -2.52. The molecule has 35 heavy (non-hydrogen) atoms. The molecule has 0 radical (unpaired) electrons. The number of hydrogen-bond acceptors (Lipinski definition) is 6. The van der Waals surface area contributed by atoms with Crippen molar-refractivity contribution in [1.29, 1.82) is 0 Å². The van der Waals surface area contributed by atoms with Gasteiger partial charge < -0.3 is 20.0 Å². The summed E-state index contributed by atoms with van der Waals surface area (Å²) in [5.74, 6) is -3.84. The fourth-order valence-corrected chi connectivity index (χ4v) is 4.18. The van der Waals surface area contributed by atoms with Gasteiger partial charge in [0.05, 0.1) is 17.5 Å². The predicted molar refractivity (Wildman–Crippen MR) is 126 cm³/mol. The van der Waals surface area contributed by atoms with E-state index >= 15 is 0 Å². The number of hydrogen-bond donors (Lipinski definition) is 3. The smallest absolute Gasteiger partial charge is 0.478 e. The van der Waals surface area contributed by atoms with Gasteiger partial charge in [0, 0.05) is 37.1 Å². The molecular formula is C22H26F3N3O6S. The molecule has 1 atom stereocenters. The summed E-state index contributed by atoms with van der Waals surface area (Å²) in [6, 6.07) is 13.2. The number of halogens is 3. The third-order valence-corrected chi connectivity index (χ3v) is 5.68. The Morgan fingerprint density at radius 1 is 1.09 bits per heavy atom. The average Bonchev–Trinajstić information content (AvgIpc) is 2.72. The summed E-state index contributed by atoms with van der Waals surface area (Å²) in [7, 11) is -3.47. The number of alkyl halides is 3. The van der Waals surface area contributed by atoms with Gasteiger partial charge in [-0.3, -0.25) is 4.72 Å². The van der Waals surface area contributed by atoms with Crippen LogP contribution in [-0.2, 0) is 14.8 Å². The van der Waals surface area contributed by atoms with Crippen molar-refractivity contribution < 1.29 is 41.4 Å². The molecule has 2 aromatic rings. The van der Waals surface area contributed by atoms with Crippen molar-refractivity contribution in [3.05, 3.63) is 53.6 Å². The summed E-state index contributed by atoms with van der Waals surface area (Å²) < 4.78 is 56.9. The van der Waals surface area contributed by atoms with Crippen molar-refractivity contribution in [2.45, 2.75) is 26.1 Å². The van der Waals surface area contributed by atoms with E-state index in [0.717, 1.165) is 12.8 Å². The number of carboxylic acid groups (broad SMARTS) is 2. The summed E-state index contributed by atoms with van der Waals surface area (Å²) in [6.07, 6.45) is -4.05. The number of aliphatic carboxylic acids is 1. The average molecular weight is 518 g/mol. The minimum absolute atomic E-state index is 0.0878. The monoisotopic (exact) mass is 517 g/mol. The largest absolute Gasteiger partial charge is 0.490 e. The fourth-order valence-electron chi connectivity index (χ4n) is 3.63. The number of nitrogens with one attached hydrogen (secondary N) is 1. The van der Waals surface area contributed by atoms with Gasteiger partial charge in [0.2, 0.25) is 10.0 Å². The minimum atomic E-state index is -5.08. The molecule has 1 saturated heterocycles. The molecule has 3 rings (SSSR count). The summed E-state index contributed by atoms with van der Waals surface area (Å²) in [4.78, 5) is 25.0. The quantitative estimate of drug-likeness (QED) is 0.551. The highest BCUT2D eigenvalue weighted by Crippen LogP contribution is 2.29. The van der Waals surface area contributed by atoms with E-state index in [-0.39, 0.29) is 17.3 Å². The highest BCUT2D eigenvalue weighted by Gasteiger charge is 2.38. The second kappa shape index (κ2) is 10.8. The fraction of sp³-hybridized carbons (Fsp3) is 0.364. The first kappa shape index (κ1) is 27.8. The molecule has 1 fully saturated rings. The molecule has 0 amide bonds. The van der Waals surface area contributed by atoms with Crippen LogP contribution in [-0.4, -0.2) is 68.7 Å². The summed E-state index contributed by atoms with van der Waals surface area (Å²) in [6.45, 7) is 6.31. The number of piperazine rings is 1. The van der Waals surface area contributed by atoms with Crippen LogP contribution in [0.4, 0.5) is 30.2 Å². The van der Waals surface area contributed by atoms with Gasteiger partial charge >= 0.3 is 18.1 Å². The van der Waals surface area contributed by atoms with Gasteiger partial charge in [0.25, 0.3) is 0 Å². The molecule has 1 aliphatic rings. The molecule has 9 nitrogen and oxygen atoms in total. The Kier molecular flexibility index (Phi) is 8.60. The minimum Gasteiger partial charge on any atom is -0.478 e. The molecule has 13 heteroatoms. The van der Waals surface area contributed by atoms with E-state index in [1.807, 2.05) is 11.0 Å². The number of aryl methyl sites for hydroxylation is 1. The Balaban J connectivity index is 0.000000540. The SMILES string of the molecule is Cc1cccc(N2CCN(c3ccc(NS(C)(=O)=O)cc3C(=O)O)CC2C)c1.O=C(O)C(F)(F)F. The number of anilines is 3. The first-order chi connectivity index (χ1) is 16.1. The van der Waals surface area contributed by atoms with Gasteiger partial charge in [0.15, 0.2) is 0 Å². The van der Waals surface area contributed by atoms with Crippen LogP contribution in [0.25, 0.3) is 0 Å². The lowest BCUT2D eigenvalue weighted by atomic mass is 10.1. The molecule has 1 aliphatic heterocycles. The maximum absolute atomic E-state index is 11.8. The van der Waals surface area contributed by atoms with Gasteiger partial charge in [0.1, 0.15) is 0 Å². The van der Waals surface area contributed by atoms with E-state index in [2.05, 4.69) is 41.7 Å². The molecular weight excluding hydrogens is 491 g/mol. The molecule has 192 valence electrons. The summed E-state index contributed by atoms with van der Waals surface area (Å²) >= 11 is 0. The van der Waals surface area contributed by atoms with Gasteiger partial charge in [-0.2, -0.15) is 13.2 Å². The maximum Gasteiger partial charge on any atom is 0.490 e. The Labute approximate surface area is 200 Å². The van der Waals surface area contributed by atoms with Crippen LogP contribution >= 0.6 is 0 Å². The van der Waals surface area contributed by atoms with E-state index < -0.39 is 28.1 Å². The molecule has 1 unspecified atom stereocenters. The van der Waals surface area contributed by atoms with Crippen molar-refractivity contribution in [2.75, 3.05) is 40.4 Å². The first-order valence-corrected chi connectivity index (χ1v) is 12.2. The van der Waals surface area contributed by atoms with Gasteiger partial charge in [-0.1, -0.05) is 12.1 Å². The highest BCUT2D eigenvalue weighted by atomic mass is 32.2. The van der Waals surface area contributed by atoms with E-state index in [9.17, 15) is 31.5 Å². The van der Waals surface area contributed by atoms with Crippen LogP contribution in [0.1, 0.15) is 22.8 Å². The Hall–Kier alpha value is -3.48. The molecule has 2 aromatic carbocycles. The van der Waals surface area contributed by atoms with Crippen molar-refractivity contribution in [1.82, 2.24) is 0 Å². The van der Waals surface area contributed by atoms with Crippen LogP contribution in [0.2, 0.25) is 0 Å². The molecule has 0 bridgehead atoms. The molecule has 0 aliphatic carbocycles. The van der Waals surface area contributed by atoms with E-state index in [0.29, 0.717) is 18.8 Å². The second-order valence-electron chi connectivity index (χ2n) is 8.04. The number of sulfonamides is 1. The maximum atomic E-state index is 11.8. The summed E-state index contributed by atoms with van der Waals surface area (Å²) in [5.41, 5.74) is 3.30. The Morgan fingerprint density at radius 2 is 1.71 bits per heavy atom. The molecule has 1 heterocycles. The van der Waals surface area contributed by atoms with Gasteiger partial charge in [-0.15, -0.1) is 0 Å². The third-order valence-electron chi connectivity index (χ3n) is 5.07. The van der Waals surface area contributed by atoms with E-state index in [1.165, 1.54) is 17.3 Å². The standard InChI is InChI=1S/C20H25N3O4S.C2HF3O2/c1-14-5-4-6-17(11-14)23-10-9-22(13-15(23)2)19-8-7-16(21-28(3,26)27)12-18(19)20(24)25;3-2(4,5)1(6)7/h4-8,11-12,15,21H,9-10,13H2,1-3H3,(H,24,25);(H,6,7). The number of nitrogens with zero attached hydrogens (tertiary/aromatic N) is 2. The Morgan fingerprint density at radius 3 is 2.20 bits per heavy atom. The molecule has 0 spiro atoms. The van der Waals surface area contributed by atoms with Crippen LogP contribution in [0, 0.1) is 6.92 Å². The van der Waals surface area contributed by atoms with Gasteiger partial charge in [-0.05, 0) is 49.7 Å². The lowest BCUT2D eigenvalue weighted by Gasteiger charge is -2.42. The zero-order valence-electron chi connectivity index (χ0n) is 19.2. The second-order valence-corrected chi connectivity index (χ2v) is 9.79. The topological polar surface area (TPSA) is 127 Å². The first-order valence-electron chi connectivity index (χ1n) is 10.3. The van der Waals surface area contributed by atoms with Crippen molar-refractivity contribution in [2.24, 2.45) is 0 Å². The zero-order chi connectivity index (χ0) is 26.6.